The van der Waals surface area contributed by atoms with E-state index in [2.05, 4.69) is 17.2 Å². The molecule has 0 fully saturated rings. The lowest BCUT2D eigenvalue weighted by molar-refractivity contribution is -0.116. The van der Waals surface area contributed by atoms with Crippen molar-refractivity contribution in [3.63, 3.8) is 0 Å². The Balaban J connectivity index is 1.29. The van der Waals surface area contributed by atoms with Gasteiger partial charge in [0.2, 0.25) is 5.91 Å². The van der Waals surface area contributed by atoms with Gasteiger partial charge in [-0.15, -0.1) is 22.7 Å². The summed E-state index contributed by atoms with van der Waals surface area (Å²) in [5.74, 6) is -0.338. The Morgan fingerprint density at radius 3 is 2.64 bits per heavy atom. The lowest BCUT2D eigenvalue weighted by Gasteiger charge is -2.18. The maximum Gasteiger partial charge on any atom is 0.348 e. The van der Waals surface area contributed by atoms with Crippen LogP contribution in [0.5, 0.6) is 5.75 Å². The summed E-state index contributed by atoms with van der Waals surface area (Å²) in [6.45, 7) is 5.71. The van der Waals surface area contributed by atoms with Gasteiger partial charge in [0.1, 0.15) is 40.2 Å². The van der Waals surface area contributed by atoms with Crippen LogP contribution in [-0.4, -0.2) is 47.2 Å². The Morgan fingerprint density at radius 1 is 1.10 bits per heavy atom. The van der Waals surface area contributed by atoms with E-state index in [9.17, 15) is 19.2 Å². The van der Waals surface area contributed by atoms with Crippen molar-refractivity contribution in [1.82, 2.24) is 9.55 Å². The summed E-state index contributed by atoms with van der Waals surface area (Å²) in [7, 11) is 0. The van der Waals surface area contributed by atoms with E-state index in [-0.39, 0.29) is 36.6 Å². The molecule has 1 aliphatic rings. The molecule has 12 heteroatoms. The summed E-state index contributed by atoms with van der Waals surface area (Å²) < 4.78 is 17.4. The third kappa shape index (κ3) is 6.24. The molecule has 1 atom stereocenters. The van der Waals surface area contributed by atoms with E-state index < -0.39 is 23.4 Å². The number of thiophene rings is 2. The number of nitrogens with one attached hydrogen (secondary N) is 1. The fourth-order valence-corrected chi connectivity index (χ4v) is 7.37. The van der Waals surface area contributed by atoms with E-state index in [0.29, 0.717) is 32.6 Å². The first-order valence-corrected chi connectivity index (χ1v) is 15.3. The first kappa shape index (κ1) is 29.5. The average Bonchev–Trinajstić information content (AvgIpc) is 3.50. The number of hydrogen-bond donors (Lipinski definition) is 1. The lowest BCUT2D eigenvalue weighted by atomic mass is 9.88. The molecule has 0 aliphatic heterocycles. The molecule has 1 aromatic carbocycles. The Labute approximate surface area is 250 Å². The van der Waals surface area contributed by atoms with Gasteiger partial charge in [-0.25, -0.2) is 14.6 Å². The van der Waals surface area contributed by atoms with Gasteiger partial charge in [0.05, 0.1) is 23.9 Å². The highest BCUT2D eigenvalue weighted by Crippen LogP contribution is 2.40. The quantitative estimate of drug-likeness (QED) is 0.197. The molecule has 0 radical (unpaired) electrons. The van der Waals surface area contributed by atoms with Crippen LogP contribution in [0.3, 0.4) is 0 Å². The molecule has 5 rings (SSSR count). The molecule has 1 aliphatic carbocycles. The molecule has 3 heterocycles. The minimum Gasteiger partial charge on any atom is -0.490 e. The third-order valence-electron chi connectivity index (χ3n) is 6.99. The zero-order valence-corrected chi connectivity index (χ0v) is 25.2. The standard InChI is InChI=1S/C30H31N3O7S2/c1-4-38-29(36)24-20-11-10-17(2)14-21(20)41-27(24)32-22(34)15-33-16-31-26-23(28(33)35)18(3)25(42-26)30(37)40-13-12-39-19-8-6-5-7-9-19/h5-9,16-17H,4,10-15H2,1-3H3,(H,32,34). The second-order valence-corrected chi connectivity index (χ2v) is 12.1. The molecule has 1 amide bonds. The SMILES string of the molecule is CCOC(=O)c1c(NC(=O)Cn2cnc3sc(C(=O)OCCOc4ccccc4)c(C)c3c2=O)sc2c1CCC(C)C2. The number of aryl methyl sites for hydroxylation is 1. The molecule has 0 spiro atoms. The normalized spacial score (nSPS) is 14.3. The van der Waals surface area contributed by atoms with Gasteiger partial charge >= 0.3 is 11.9 Å². The smallest absolute Gasteiger partial charge is 0.348 e. The number of ether oxygens (including phenoxy) is 3. The molecule has 4 aromatic rings. The van der Waals surface area contributed by atoms with Gasteiger partial charge in [-0.2, -0.15) is 0 Å². The van der Waals surface area contributed by atoms with Gasteiger partial charge in [0, 0.05) is 4.88 Å². The molecule has 3 aromatic heterocycles. The number of esters is 2. The number of rotatable bonds is 10. The number of nitrogens with zero attached hydrogens (tertiary/aromatic N) is 2. The van der Waals surface area contributed by atoms with Crippen molar-refractivity contribution in [3.05, 3.63) is 73.5 Å². The first-order chi connectivity index (χ1) is 20.3. The van der Waals surface area contributed by atoms with E-state index in [1.807, 2.05) is 30.3 Å². The van der Waals surface area contributed by atoms with Crippen molar-refractivity contribution in [1.29, 1.82) is 0 Å². The number of carbonyl (C=O) groups is 3. The number of amides is 1. The molecule has 220 valence electrons. The van der Waals surface area contributed by atoms with Crippen molar-refractivity contribution in [2.75, 3.05) is 25.1 Å². The highest BCUT2D eigenvalue weighted by Gasteiger charge is 2.29. The zero-order valence-electron chi connectivity index (χ0n) is 23.6. The summed E-state index contributed by atoms with van der Waals surface area (Å²) in [6, 6.07) is 9.19. The molecule has 10 nitrogen and oxygen atoms in total. The number of fused-ring (bicyclic) bond motifs is 2. The van der Waals surface area contributed by atoms with Crippen molar-refractivity contribution >= 4 is 55.7 Å². The number of anilines is 1. The first-order valence-electron chi connectivity index (χ1n) is 13.7. The monoisotopic (exact) mass is 609 g/mol. The summed E-state index contributed by atoms with van der Waals surface area (Å²) in [4.78, 5) is 58.1. The van der Waals surface area contributed by atoms with Crippen LogP contribution in [0.25, 0.3) is 10.2 Å². The van der Waals surface area contributed by atoms with Crippen molar-refractivity contribution in [2.24, 2.45) is 5.92 Å². The maximum absolute atomic E-state index is 13.4. The molecule has 0 bridgehead atoms. The number of hydrogen-bond acceptors (Lipinski definition) is 10. The van der Waals surface area contributed by atoms with E-state index in [0.717, 1.165) is 41.0 Å². The maximum atomic E-state index is 13.4. The minimum atomic E-state index is -0.571. The largest absolute Gasteiger partial charge is 0.490 e. The topological polar surface area (TPSA) is 126 Å². The van der Waals surface area contributed by atoms with Crippen LogP contribution in [0.2, 0.25) is 0 Å². The van der Waals surface area contributed by atoms with E-state index in [4.69, 9.17) is 14.2 Å². The fourth-order valence-electron chi connectivity index (χ4n) is 4.92. The van der Waals surface area contributed by atoms with Crippen LogP contribution >= 0.6 is 22.7 Å². The van der Waals surface area contributed by atoms with Crippen LogP contribution in [0, 0.1) is 12.8 Å². The number of carbonyl (C=O) groups excluding carboxylic acids is 3. The van der Waals surface area contributed by atoms with E-state index in [1.165, 1.54) is 22.2 Å². The average molecular weight is 610 g/mol. The molecule has 1 unspecified atom stereocenters. The number of aromatic nitrogens is 2. The van der Waals surface area contributed by atoms with Crippen LogP contribution < -0.4 is 15.6 Å². The molecule has 1 N–H and O–H groups in total. The second-order valence-electron chi connectivity index (χ2n) is 10.0. The third-order valence-corrected chi connectivity index (χ3v) is 9.34. The Morgan fingerprint density at radius 2 is 1.88 bits per heavy atom. The predicted octanol–water partition coefficient (Wildman–Crippen LogP) is 5.00. The molecule has 0 saturated heterocycles. The van der Waals surface area contributed by atoms with Crippen molar-refractivity contribution in [2.45, 2.75) is 46.6 Å². The van der Waals surface area contributed by atoms with E-state index >= 15 is 0 Å². The summed E-state index contributed by atoms with van der Waals surface area (Å²) in [6.07, 6.45) is 3.84. The van der Waals surface area contributed by atoms with E-state index in [1.54, 1.807) is 13.8 Å². The Bertz CT molecular complexity index is 1690. The molecule has 42 heavy (non-hydrogen) atoms. The van der Waals surface area contributed by atoms with Gasteiger partial charge < -0.3 is 19.5 Å². The second kappa shape index (κ2) is 12.9. The van der Waals surface area contributed by atoms with Crippen molar-refractivity contribution < 1.29 is 28.6 Å². The fraction of sp³-hybridized carbons (Fsp3) is 0.367. The summed E-state index contributed by atoms with van der Waals surface area (Å²) in [5.41, 5.74) is 1.34. The molecular weight excluding hydrogens is 578 g/mol. The Hall–Kier alpha value is -4.03. The number of para-hydroxylation sites is 1. The molecule has 0 saturated carbocycles. The zero-order chi connectivity index (χ0) is 29.8. The Kier molecular flexibility index (Phi) is 9.03. The highest BCUT2D eigenvalue weighted by molar-refractivity contribution is 7.20. The molecular formula is C30H31N3O7S2. The van der Waals surface area contributed by atoms with Crippen LogP contribution in [-0.2, 0) is 33.7 Å². The van der Waals surface area contributed by atoms with Crippen LogP contribution in [0.1, 0.15) is 56.3 Å². The minimum absolute atomic E-state index is 0.0398. The van der Waals surface area contributed by atoms with Gasteiger partial charge in [0.25, 0.3) is 5.56 Å². The number of benzene rings is 1. The van der Waals surface area contributed by atoms with Crippen molar-refractivity contribution in [3.8, 4) is 5.75 Å². The van der Waals surface area contributed by atoms with Gasteiger partial charge in [0.15, 0.2) is 0 Å². The summed E-state index contributed by atoms with van der Waals surface area (Å²) >= 11 is 2.45. The van der Waals surface area contributed by atoms with Crippen LogP contribution in [0.15, 0.2) is 41.5 Å². The predicted molar refractivity (Wildman–Crippen MR) is 161 cm³/mol. The van der Waals surface area contributed by atoms with Gasteiger partial charge in [-0.05, 0) is 62.3 Å². The van der Waals surface area contributed by atoms with Gasteiger partial charge in [-0.1, -0.05) is 25.1 Å². The lowest BCUT2D eigenvalue weighted by Crippen LogP contribution is -2.28. The highest BCUT2D eigenvalue weighted by atomic mass is 32.1. The van der Waals surface area contributed by atoms with Gasteiger partial charge in [-0.3, -0.25) is 14.2 Å². The summed E-state index contributed by atoms with van der Waals surface area (Å²) in [5, 5.41) is 3.53. The van der Waals surface area contributed by atoms with Crippen LogP contribution in [0.4, 0.5) is 5.00 Å².